The molecule has 1 aromatic carbocycles. The second-order valence-electron chi connectivity index (χ2n) is 5.22. The number of carbonyl (C=O) groups excluding carboxylic acids is 1. The summed E-state index contributed by atoms with van der Waals surface area (Å²) < 4.78 is 0. The Kier molecular flexibility index (Phi) is 6.58. The Hall–Kier alpha value is -1.66. The van der Waals surface area contributed by atoms with Gasteiger partial charge in [0.15, 0.2) is 0 Å². The van der Waals surface area contributed by atoms with E-state index in [1.165, 1.54) is 25.0 Å². The van der Waals surface area contributed by atoms with Gasteiger partial charge in [-0.25, -0.2) is 0 Å². The van der Waals surface area contributed by atoms with Gasteiger partial charge in [0.05, 0.1) is 17.5 Å². The second-order valence-corrected chi connectivity index (χ2v) is 5.22. The molecule has 1 saturated carbocycles. The molecule has 1 aliphatic carbocycles. The Morgan fingerprint density at radius 2 is 2.19 bits per heavy atom. The summed E-state index contributed by atoms with van der Waals surface area (Å²) in [5.41, 5.74) is 0.769. The average molecular weight is 314 g/mol. The van der Waals surface area contributed by atoms with Crippen LogP contribution in [-0.4, -0.2) is 23.9 Å². The standard InChI is InChI=1S/C14H19N3O3.ClH/c1-10(12-3-2-4-13(7-12)17(19)20)16-14(18)9-15-8-11-5-6-11;/h2-4,7,10-11,15H,5-6,8-9H2,1H3,(H,16,18);1H. The minimum atomic E-state index is -0.435. The van der Waals surface area contributed by atoms with E-state index in [-0.39, 0.29) is 36.6 Å². The lowest BCUT2D eigenvalue weighted by Gasteiger charge is -2.14. The van der Waals surface area contributed by atoms with Crippen LogP contribution in [0.15, 0.2) is 24.3 Å². The summed E-state index contributed by atoms with van der Waals surface area (Å²) in [6.07, 6.45) is 2.50. The van der Waals surface area contributed by atoms with Crippen LogP contribution in [0.4, 0.5) is 5.69 Å². The van der Waals surface area contributed by atoms with Crippen LogP contribution in [0.1, 0.15) is 31.4 Å². The molecule has 21 heavy (non-hydrogen) atoms. The number of nitro groups is 1. The fraction of sp³-hybridized carbons (Fsp3) is 0.500. The van der Waals surface area contributed by atoms with Crippen molar-refractivity contribution < 1.29 is 9.72 Å². The van der Waals surface area contributed by atoms with E-state index in [0.717, 1.165) is 18.0 Å². The number of benzene rings is 1. The second kappa shape index (κ2) is 7.95. The zero-order valence-corrected chi connectivity index (χ0v) is 12.7. The minimum Gasteiger partial charge on any atom is -0.348 e. The SMILES string of the molecule is CC(NC(=O)CNCC1CC1)c1cccc([N+](=O)[O-])c1.Cl. The van der Waals surface area contributed by atoms with E-state index in [1.807, 2.05) is 6.92 Å². The lowest BCUT2D eigenvalue weighted by atomic mass is 10.1. The molecule has 0 spiro atoms. The van der Waals surface area contributed by atoms with Gasteiger partial charge in [-0.3, -0.25) is 14.9 Å². The third-order valence-electron chi connectivity index (χ3n) is 3.37. The van der Waals surface area contributed by atoms with Crippen molar-refractivity contribution in [3.05, 3.63) is 39.9 Å². The van der Waals surface area contributed by atoms with Crippen LogP contribution in [-0.2, 0) is 4.79 Å². The van der Waals surface area contributed by atoms with Crippen LogP contribution in [0.5, 0.6) is 0 Å². The third-order valence-corrected chi connectivity index (χ3v) is 3.37. The Labute approximate surface area is 129 Å². The third kappa shape index (κ3) is 5.69. The molecule has 0 saturated heterocycles. The number of hydrogen-bond acceptors (Lipinski definition) is 4. The lowest BCUT2D eigenvalue weighted by Crippen LogP contribution is -2.36. The Balaban J connectivity index is 0.00000220. The average Bonchev–Trinajstić information content (AvgIpc) is 3.23. The first kappa shape index (κ1) is 17.4. The Bertz CT molecular complexity index is 506. The van der Waals surface area contributed by atoms with Crippen LogP contribution in [0.2, 0.25) is 0 Å². The van der Waals surface area contributed by atoms with E-state index in [1.54, 1.807) is 12.1 Å². The van der Waals surface area contributed by atoms with Crippen molar-refractivity contribution in [2.24, 2.45) is 5.92 Å². The molecule has 2 rings (SSSR count). The summed E-state index contributed by atoms with van der Waals surface area (Å²) >= 11 is 0. The predicted molar refractivity (Wildman–Crippen MR) is 82.5 cm³/mol. The molecule has 1 amide bonds. The first-order valence-electron chi connectivity index (χ1n) is 6.80. The summed E-state index contributed by atoms with van der Waals surface area (Å²) in [5, 5.41) is 16.7. The maximum atomic E-state index is 11.7. The molecule has 0 radical (unpaired) electrons. The van der Waals surface area contributed by atoms with Crippen molar-refractivity contribution in [3.8, 4) is 0 Å². The van der Waals surface area contributed by atoms with Crippen LogP contribution in [0, 0.1) is 16.0 Å². The molecule has 0 aromatic heterocycles. The van der Waals surface area contributed by atoms with Gasteiger partial charge >= 0.3 is 0 Å². The summed E-state index contributed by atoms with van der Waals surface area (Å²) in [5.74, 6) is 0.640. The van der Waals surface area contributed by atoms with Gasteiger partial charge in [0, 0.05) is 12.1 Å². The highest BCUT2D eigenvalue weighted by Gasteiger charge is 2.20. The first-order chi connectivity index (χ1) is 9.56. The van der Waals surface area contributed by atoms with Crippen molar-refractivity contribution in [1.82, 2.24) is 10.6 Å². The van der Waals surface area contributed by atoms with Crippen LogP contribution < -0.4 is 10.6 Å². The lowest BCUT2D eigenvalue weighted by molar-refractivity contribution is -0.384. The fourth-order valence-corrected chi connectivity index (χ4v) is 2.00. The van der Waals surface area contributed by atoms with Crippen LogP contribution in [0.3, 0.4) is 0 Å². The highest BCUT2D eigenvalue weighted by atomic mass is 35.5. The van der Waals surface area contributed by atoms with E-state index >= 15 is 0 Å². The van der Waals surface area contributed by atoms with Crippen molar-refractivity contribution in [3.63, 3.8) is 0 Å². The molecule has 1 aromatic rings. The smallest absolute Gasteiger partial charge is 0.269 e. The van der Waals surface area contributed by atoms with Crippen molar-refractivity contribution in [2.45, 2.75) is 25.8 Å². The summed E-state index contributed by atoms with van der Waals surface area (Å²) in [4.78, 5) is 22.0. The number of nitrogens with one attached hydrogen (secondary N) is 2. The van der Waals surface area contributed by atoms with Crippen molar-refractivity contribution in [1.29, 1.82) is 0 Å². The summed E-state index contributed by atoms with van der Waals surface area (Å²) in [6, 6.07) is 6.08. The molecule has 2 N–H and O–H groups in total. The molecule has 6 nitrogen and oxygen atoms in total. The molecular weight excluding hydrogens is 294 g/mol. The molecule has 1 unspecified atom stereocenters. The highest BCUT2D eigenvalue weighted by molar-refractivity contribution is 5.85. The number of hydrogen-bond donors (Lipinski definition) is 2. The van der Waals surface area contributed by atoms with E-state index in [2.05, 4.69) is 10.6 Å². The molecule has 1 fully saturated rings. The largest absolute Gasteiger partial charge is 0.348 e. The van der Waals surface area contributed by atoms with Crippen LogP contribution in [0.25, 0.3) is 0 Å². The molecule has 1 aliphatic rings. The monoisotopic (exact) mass is 313 g/mol. The summed E-state index contributed by atoms with van der Waals surface area (Å²) in [6.45, 7) is 2.99. The molecule has 116 valence electrons. The van der Waals surface area contributed by atoms with Gasteiger partial charge < -0.3 is 10.6 Å². The van der Waals surface area contributed by atoms with Gasteiger partial charge in [-0.2, -0.15) is 0 Å². The Morgan fingerprint density at radius 3 is 2.81 bits per heavy atom. The summed E-state index contributed by atoms with van der Waals surface area (Å²) in [7, 11) is 0. The zero-order valence-electron chi connectivity index (χ0n) is 11.9. The maximum absolute atomic E-state index is 11.7. The van der Waals surface area contributed by atoms with Gasteiger partial charge in [0.25, 0.3) is 5.69 Å². The number of nitrogens with zero attached hydrogens (tertiary/aromatic N) is 1. The number of carbonyl (C=O) groups is 1. The van der Waals surface area contributed by atoms with E-state index in [4.69, 9.17) is 0 Å². The molecular formula is C14H20ClN3O3. The number of nitro benzene ring substituents is 1. The van der Waals surface area contributed by atoms with E-state index in [0.29, 0.717) is 0 Å². The fourth-order valence-electron chi connectivity index (χ4n) is 2.00. The molecule has 1 atom stereocenters. The van der Waals surface area contributed by atoms with Gasteiger partial charge in [-0.15, -0.1) is 12.4 Å². The number of amides is 1. The van der Waals surface area contributed by atoms with Crippen molar-refractivity contribution >= 4 is 24.0 Å². The minimum absolute atomic E-state index is 0. The van der Waals surface area contributed by atoms with Gasteiger partial charge in [-0.05, 0) is 37.8 Å². The first-order valence-corrected chi connectivity index (χ1v) is 6.80. The topological polar surface area (TPSA) is 84.3 Å². The normalized spacial score (nSPS) is 14.9. The van der Waals surface area contributed by atoms with Gasteiger partial charge in [0.1, 0.15) is 0 Å². The predicted octanol–water partition coefficient (Wildman–Crippen LogP) is 2.19. The molecule has 0 aliphatic heterocycles. The van der Waals surface area contributed by atoms with Crippen LogP contribution >= 0.6 is 12.4 Å². The number of rotatable bonds is 7. The van der Waals surface area contributed by atoms with E-state index < -0.39 is 4.92 Å². The van der Waals surface area contributed by atoms with E-state index in [9.17, 15) is 14.9 Å². The van der Waals surface area contributed by atoms with Crippen molar-refractivity contribution in [2.75, 3.05) is 13.1 Å². The molecule has 0 bridgehead atoms. The molecule has 7 heteroatoms. The quantitative estimate of drug-likeness (QED) is 0.597. The zero-order chi connectivity index (χ0) is 14.5. The molecule has 0 heterocycles. The van der Waals surface area contributed by atoms with Gasteiger partial charge in [-0.1, -0.05) is 12.1 Å². The maximum Gasteiger partial charge on any atom is 0.269 e. The number of non-ortho nitro benzene ring substituents is 1. The van der Waals surface area contributed by atoms with Gasteiger partial charge in [0.2, 0.25) is 5.91 Å². The Morgan fingerprint density at radius 1 is 1.48 bits per heavy atom. The highest BCUT2D eigenvalue weighted by Crippen LogP contribution is 2.27. The number of halogens is 1.